The highest BCUT2D eigenvalue weighted by Crippen LogP contribution is 2.25. The summed E-state index contributed by atoms with van der Waals surface area (Å²) in [5, 5.41) is 2.88. The topological polar surface area (TPSA) is 56.1 Å². The van der Waals surface area contributed by atoms with Crippen LogP contribution in [-0.4, -0.2) is 28.6 Å². The van der Waals surface area contributed by atoms with E-state index in [1.54, 1.807) is 23.3 Å². The minimum atomic E-state index is -0.262. The molecule has 1 atom stereocenters. The number of rotatable bonds is 6. The van der Waals surface area contributed by atoms with E-state index in [4.69, 9.17) is 4.74 Å². The van der Waals surface area contributed by atoms with Gasteiger partial charge in [-0.3, -0.25) is 4.79 Å². The van der Waals surface area contributed by atoms with E-state index < -0.39 is 0 Å². The maximum atomic E-state index is 12.0. The average molecular weight is 299 g/mol. The molecule has 22 heavy (non-hydrogen) atoms. The van der Waals surface area contributed by atoms with Gasteiger partial charge in [0, 0.05) is 12.4 Å². The minimum absolute atomic E-state index is 0.0319. The van der Waals surface area contributed by atoms with E-state index >= 15 is 0 Å². The van der Waals surface area contributed by atoms with Gasteiger partial charge in [-0.15, -0.1) is 0 Å². The summed E-state index contributed by atoms with van der Waals surface area (Å²) in [5.41, 5.74) is 2.84. The van der Waals surface area contributed by atoms with Crippen LogP contribution in [0, 0.1) is 0 Å². The molecule has 0 aliphatic heterocycles. The SMILES string of the molecule is CC(C(=O)NCCOc1ccc2c(c1)CCC2)n1ccnc1. The van der Waals surface area contributed by atoms with Gasteiger partial charge in [0.15, 0.2) is 0 Å². The summed E-state index contributed by atoms with van der Waals surface area (Å²) in [6, 6.07) is 6.03. The molecule has 1 aliphatic rings. The molecule has 0 saturated heterocycles. The van der Waals surface area contributed by atoms with Gasteiger partial charge in [-0.25, -0.2) is 4.98 Å². The highest BCUT2D eigenvalue weighted by atomic mass is 16.5. The smallest absolute Gasteiger partial charge is 0.242 e. The Bertz CT molecular complexity index is 637. The molecule has 1 unspecified atom stereocenters. The Hall–Kier alpha value is -2.30. The van der Waals surface area contributed by atoms with Crippen molar-refractivity contribution in [2.75, 3.05) is 13.2 Å². The summed E-state index contributed by atoms with van der Waals surface area (Å²) < 4.78 is 7.49. The lowest BCUT2D eigenvalue weighted by Gasteiger charge is -2.14. The number of ether oxygens (including phenoxy) is 1. The maximum Gasteiger partial charge on any atom is 0.242 e. The van der Waals surface area contributed by atoms with E-state index in [2.05, 4.69) is 22.4 Å². The summed E-state index contributed by atoms with van der Waals surface area (Å²) in [6.45, 7) is 2.81. The zero-order valence-electron chi connectivity index (χ0n) is 12.8. The third kappa shape index (κ3) is 3.30. The average Bonchev–Trinajstić information content (AvgIpc) is 3.20. The second-order valence-electron chi connectivity index (χ2n) is 5.61. The molecule has 1 amide bonds. The monoisotopic (exact) mass is 299 g/mol. The predicted octanol–water partition coefficient (Wildman–Crippen LogP) is 2.13. The normalized spacial score (nSPS) is 14.4. The summed E-state index contributed by atoms with van der Waals surface area (Å²) in [6.07, 6.45) is 8.65. The van der Waals surface area contributed by atoms with Crippen LogP contribution in [0.5, 0.6) is 5.75 Å². The van der Waals surface area contributed by atoms with Gasteiger partial charge in [-0.05, 0) is 49.4 Å². The molecule has 2 aromatic rings. The van der Waals surface area contributed by atoms with Gasteiger partial charge < -0.3 is 14.6 Å². The lowest BCUT2D eigenvalue weighted by Crippen LogP contribution is -2.33. The van der Waals surface area contributed by atoms with Gasteiger partial charge in [0.2, 0.25) is 5.91 Å². The molecule has 0 radical (unpaired) electrons. The first-order chi connectivity index (χ1) is 10.7. The third-order valence-corrected chi connectivity index (χ3v) is 4.09. The van der Waals surface area contributed by atoms with Crippen molar-refractivity contribution < 1.29 is 9.53 Å². The van der Waals surface area contributed by atoms with Gasteiger partial charge in [-0.1, -0.05) is 6.07 Å². The summed E-state index contributed by atoms with van der Waals surface area (Å²) in [5.74, 6) is 0.855. The van der Waals surface area contributed by atoms with Crippen molar-refractivity contribution in [2.24, 2.45) is 0 Å². The molecular formula is C17H21N3O2. The van der Waals surface area contributed by atoms with Crippen molar-refractivity contribution in [1.29, 1.82) is 0 Å². The standard InChI is InChI=1S/C17H21N3O2/c1-13(20-9-7-18-12-20)17(21)19-8-10-22-16-6-5-14-3-2-4-15(14)11-16/h5-7,9,11-13H,2-4,8,10H2,1H3,(H,19,21). The second-order valence-corrected chi connectivity index (χ2v) is 5.61. The van der Waals surface area contributed by atoms with E-state index in [1.165, 1.54) is 24.0 Å². The number of hydrogen-bond donors (Lipinski definition) is 1. The number of carbonyl (C=O) groups excluding carboxylic acids is 1. The zero-order valence-corrected chi connectivity index (χ0v) is 12.8. The fourth-order valence-electron chi connectivity index (χ4n) is 2.76. The molecule has 3 rings (SSSR count). The Morgan fingerprint density at radius 2 is 2.27 bits per heavy atom. The molecule has 1 aliphatic carbocycles. The molecule has 5 heteroatoms. The van der Waals surface area contributed by atoms with Crippen LogP contribution >= 0.6 is 0 Å². The molecule has 5 nitrogen and oxygen atoms in total. The number of amides is 1. The Kier molecular flexibility index (Phi) is 4.42. The Balaban J connectivity index is 1.43. The first-order valence-corrected chi connectivity index (χ1v) is 7.74. The fourth-order valence-corrected chi connectivity index (χ4v) is 2.76. The van der Waals surface area contributed by atoms with Crippen LogP contribution < -0.4 is 10.1 Å². The molecule has 1 heterocycles. The minimum Gasteiger partial charge on any atom is -0.492 e. The number of nitrogens with one attached hydrogen (secondary N) is 1. The maximum absolute atomic E-state index is 12.0. The van der Waals surface area contributed by atoms with Crippen LogP contribution in [0.3, 0.4) is 0 Å². The zero-order chi connectivity index (χ0) is 15.4. The number of carbonyl (C=O) groups is 1. The Labute approximate surface area is 130 Å². The van der Waals surface area contributed by atoms with Gasteiger partial charge in [0.05, 0.1) is 12.9 Å². The number of benzene rings is 1. The highest BCUT2D eigenvalue weighted by molar-refractivity contribution is 5.79. The molecule has 0 spiro atoms. The molecular weight excluding hydrogens is 278 g/mol. The number of fused-ring (bicyclic) bond motifs is 1. The van der Waals surface area contributed by atoms with Crippen LogP contribution in [0.4, 0.5) is 0 Å². The van der Waals surface area contributed by atoms with Gasteiger partial charge in [0.1, 0.15) is 18.4 Å². The first-order valence-electron chi connectivity index (χ1n) is 7.74. The van der Waals surface area contributed by atoms with Crippen molar-refractivity contribution in [3.05, 3.63) is 48.0 Å². The summed E-state index contributed by atoms with van der Waals surface area (Å²) in [7, 11) is 0. The van der Waals surface area contributed by atoms with Crippen LogP contribution in [0.15, 0.2) is 36.9 Å². The van der Waals surface area contributed by atoms with Crippen molar-refractivity contribution in [3.63, 3.8) is 0 Å². The van der Waals surface area contributed by atoms with Crippen LogP contribution in [-0.2, 0) is 17.6 Å². The van der Waals surface area contributed by atoms with Gasteiger partial charge in [-0.2, -0.15) is 0 Å². The van der Waals surface area contributed by atoms with E-state index in [0.29, 0.717) is 13.2 Å². The highest BCUT2D eigenvalue weighted by Gasteiger charge is 2.14. The molecule has 0 bridgehead atoms. The number of aryl methyl sites for hydroxylation is 2. The van der Waals surface area contributed by atoms with Crippen LogP contribution in [0.2, 0.25) is 0 Å². The van der Waals surface area contributed by atoms with E-state index in [9.17, 15) is 4.79 Å². The predicted molar refractivity (Wildman–Crippen MR) is 83.9 cm³/mol. The number of aromatic nitrogens is 2. The molecule has 0 fully saturated rings. The Morgan fingerprint density at radius 3 is 3.09 bits per heavy atom. The lowest BCUT2D eigenvalue weighted by atomic mass is 10.1. The van der Waals surface area contributed by atoms with Crippen LogP contribution in [0.25, 0.3) is 0 Å². The quantitative estimate of drug-likeness (QED) is 0.831. The van der Waals surface area contributed by atoms with Crippen molar-refractivity contribution in [2.45, 2.75) is 32.2 Å². The number of nitrogens with zero attached hydrogens (tertiary/aromatic N) is 2. The second kappa shape index (κ2) is 6.64. The lowest BCUT2D eigenvalue weighted by molar-refractivity contribution is -0.123. The molecule has 1 aromatic carbocycles. The van der Waals surface area contributed by atoms with E-state index in [1.807, 2.05) is 13.0 Å². The number of hydrogen-bond acceptors (Lipinski definition) is 3. The van der Waals surface area contributed by atoms with Gasteiger partial charge >= 0.3 is 0 Å². The van der Waals surface area contributed by atoms with Gasteiger partial charge in [0.25, 0.3) is 0 Å². The Morgan fingerprint density at radius 1 is 1.41 bits per heavy atom. The largest absolute Gasteiger partial charge is 0.492 e. The summed E-state index contributed by atoms with van der Waals surface area (Å²) >= 11 is 0. The third-order valence-electron chi connectivity index (χ3n) is 4.09. The van der Waals surface area contributed by atoms with Crippen molar-refractivity contribution in [1.82, 2.24) is 14.9 Å². The molecule has 1 N–H and O–H groups in total. The molecule has 1 aromatic heterocycles. The van der Waals surface area contributed by atoms with Crippen molar-refractivity contribution in [3.8, 4) is 5.75 Å². The van der Waals surface area contributed by atoms with Crippen molar-refractivity contribution >= 4 is 5.91 Å². The fraction of sp³-hybridized carbons (Fsp3) is 0.412. The van der Waals surface area contributed by atoms with E-state index in [0.717, 1.165) is 12.2 Å². The summed E-state index contributed by atoms with van der Waals surface area (Å²) in [4.78, 5) is 15.9. The molecule has 0 saturated carbocycles. The first kappa shape index (κ1) is 14.6. The number of imidazole rings is 1. The van der Waals surface area contributed by atoms with E-state index in [-0.39, 0.29) is 11.9 Å². The molecule has 116 valence electrons. The van der Waals surface area contributed by atoms with Crippen LogP contribution in [0.1, 0.15) is 30.5 Å².